The van der Waals surface area contributed by atoms with E-state index in [-0.39, 0.29) is 17.9 Å². The van der Waals surface area contributed by atoms with Crippen LogP contribution in [-0.4, -0.2) is 40.5 Å². The summed E-state index contributed by atoms with van der Waals surface area (Å²) in [5.74, 6) is 0.441. The van der Waals surface area contributed by atoms with Crippen molar-refractivity contribution < 1.29 is 9.90 Å². The molecule has 0 aliphatic carbocycles. The third-order valence-corrected chi connectivity index (χ3v) is 2.93. The third kappa shape index (κ3) is 1.57. The van der Waals surface area contributed by atoms with Gasteiger partial charge in [-0.3, -0.25) is 4.79 Å². The smallest absolute Gasteiger partial charge is 0.219 e. The molecular weight excluding hydrogens is 178 g/mol. The van der Waals surface area contributed by atoms with Crippen molar-refractivity contribution in [1.82, 2.24) is 4.90 Å². The van der Waals surface area contributed by atoms with E-state index in [0.717, 1.165) is 0 Å². The number of nitrogens with zero attached hydrogens (tertiary/aromatic N) is 1. The number of hydrogen-bond acceptors (Lipinski definition) is 2. The molecule has 3 unspecified atom stereocenters. The quantitative estimate of drug-likeness (QED) is 0.612. The Bertz CT molecular complexity index is 186. The molecule has 0 radical (unpaired) electrons. The predicted octanol–water partition coefficient (Wildman–Crippen LogP) is 0.453. The number of amides is 1. The summed E-state index contributed by atoms with van der Waals surface area (Å²) in [4.78, 5) is 12.7. The van der Waals surface area contributed by atoms with Crippen LogP contribution in [0.1, 0.15) is 13.8 Å². The first kappa shape index (κ1) is 9.81. The predicted molar refractivity (Wildman–Crippen MR) is 47.1 cm³/mol. The van der Waals surface area contributed by atoms with E-state index in [2.05, 4.69) is 0 Å². The van der Waals surface area contributed by atoms with Crippen LogP contribution in [0.25, 0.3) is 0 Å². The van der Waals surface area contributed by atoms with E-state index in [9.17, 15) is 9.90 Å². The summed E-state index contributed by atoms with van der Waals surface area (Å²) in [5.41, 5.74) is 0. The average Bonchev–Trinajstić information content (AvgIpc) is 2.27. The Morgan fingerprint density at radius 2 is 2.33 bits per heavy atom. The summed E-state index contributed by atoms with van der Waals surface area (Å²) in [6.45, 7) is 3.86. The Kier molecular flexibility index (Phi) is 2.96. The second-order valence-electron chi connectivity index (χ2n) is 3.30. The molecule has 70 valence electrons. The lowest BCUT2D eigenvalue weighted by atomic mass is 10.0. The Labute approximate surface area is 77.3 Å². The van der Waals surface area contributed by atoms with E-state index >= 15 is 0 Å². The van der Waals surface area contributed by atoms with Crippen molar-refractivity contribution >= 4 is 17.5 Å². The van der Waals surface area contributed by atoms with Crippen LogP contribution in [0.2, 0.25) is 0 Å². The van der Waals surface area contributed by atoms with Gasteiger partial charge >= 0.3 is 0 Å². The maximum Gasteiger partial charge on any atom is 0.219 e. The molecule has 1 saturated heterocycles. The molecule has 1 amide bonds. The maximum absolute atomic E-state index is 11.0. The third-order valence-electron chi connectivity index (χ3n) is 2.57. The van der Waals surface area contributed by atoms with Gasteiger partial charge in [-0.25, -0.2) is 0 Å². The Hall–Kier alpha value is -0.280. The fourth-order valence-corrected chi connectivity index (χ4v) is 2.17. The number of likely N-dealkylation sites (tertiary alicyclic amines) is 1. The molecule has 12 heavy (non-hydrogen) atoms. The van der Waals surface area contributed by atoms with Gasteiger partial charge in [0, 0.05) is 31.3 Å². The number of halogens is 1. The first-order valence-electron chi connectivity index (χ1n) is 4.09. The first-order chi connectivity index (χ1) is 5.57. The number of rotatable bonds is 1. The zero-order valence-electron chi connectivity index (χ0n) is 7.33. The number of alkyl halides is 1. The van der Waals surface area contributed by atoms with Gasteiger partial charge in [-0.2, -0.15) is 0 Å². The molecular formula is C8H14ClNO2. The molecule has 3 nitrogen and oxygen atoms in total. The second kappa shape index (κ2) is 3.62. The summed E-state index contributed by atoms with van der Waals surface area (Å²) in [5, 5.41) is 9.50. The number of carbonyl (C=O) groups excluding carboxylic acids is 1. The molecule has 4 heteroatoms. The van der Waals surface area contributed by atoms with Crippen LogP contribution in [0.3, 0.4) is 0 Å². The van der Waals surface area contributed by atoms with Crippen molar-refractivity contribution in [1.29, 1.82) is 0 Å². The highest BCUT2D eigenvalue weighted by molar-refractivity contribution is 6.18. The second-order valence-corrected chi connectivity index (χ2v) is 3.61. The zero-order valence-corrected chi connectivity index (χ0v) is 8.08. The van der Waals surface area contributed by atoms with Crippen LogP contribution in [0.5, 0.6) is 0 Å². The summed E-state index contributed by atoms with van der Waals surface area (Å²) in [7, 11) is 0. The van der Waals surface area contributed by atoms with Crippen LogP contribution < -0.4 is 0 Å². The highest BCUT2D eigenvalue weighted by Crippen LogP contribution is 2.25. The lowest BCUT2D eigenvalue weighted by molar-refractivity contribution is -0.129. The van der Waals surface area contributed by atoms with Gasteiger partial charge in [-0.1, -0.05) is 0 Å². The summed E-state index contributed by atoms with van der Waals surface area (Å²) in [6.07, 6.45) is -0.457. The molecule has 1 aliphatic heterocycles. The largest absolute Gasteiger partial charge is 0.391 e. The molecule has 0 spiro atoms. The van der Waals surface area contributed by atoms with E-state index in [0.29, 0.717) is 12.4 Å². The van der Waals surface area contributed by atoms with Crippen molar-refractivity contribution in [2.24, 2.45) is 5.92 Å². The van der Waals surface area contributed by atoms with Crippen LogP contribution in [-0.2, 0) is 4.79 Å². The minimum Gasteiger partial charge on any atom is -0.391 e. The van der Waals surface area contributed by atoms with Gasteiger partial charge in [-0.05, 0) is 6.92 Å². The van der Waals surface area contributed by atoms with Crippen molar-refractivity contribution in [3.63, 3.8) is 0 Å². The summed E-state index contributed by atoms with van der Waals surface area (Å²) >= 11 is 5.67. The maximum atomic E-state index is 11.0. The monoisotopic (exact) mass is 191 g/mol. The van der Waals surface area contributed by atoms with E-state index in [1.807, 2.05) is 6.92 Å². The van der Waals surface area contributed by atoms with E-state index in [1.54, 1.807) is 4.90 Å². The lowest BCUT2D eigenvalue weighted by Gasteiger charge is -2.21. The molecule has 1 N–H and O–H groups in total. The van der Waals surface area contributed by atoms with Crippen LogP contribution in [0.4, 0.5) is 0 Å². The van der Waals surface area contributed by atoms with Crippen LogP contribution in [0, 0.1) is 5.92 Å². The molecule has 0 aromatic carbocycles. The van der Waals surface area contributed by atoms with Gasteiger partial charge in [-0.15, -0.1) is 11.6 Å². The topological polar surface area (TPSA) is 40.5 Å². The van der Waals surface area contributed by atoms with Crippen molar-refractivity contribution in [3.05, 3.63) is 0 Å². The molecule has 1 heterocycles. The molecule has 3 atom stereocenters. The van der Waals surface area contributed by atoms with E-state index in [1.165, 1.54) is 6.92 Å². The molecule has 1 rings (SSSR count). The minimum absolute atomic E-state index is 0.00849. The van der Waals surface area contributed by atoms with Gasteiger partial charge in [0.05, 0.1) is 6.10 Å². The van der Waals surface area contributed by atoms with Crippen molar-refractivity contribution in [2.45, 2.75) is 26.0 Å². The molecule has 0 aromatic rings. The highest BCUT2D eigenvalue weighted by atomic mass is 35.5. The molecule has 1 fully saturated rings. The minimum atomic E-state index is -0.457. The number of β-amino-alcohol motifs (C(OH)–C–C–N with tert-alkyl or cyclic N) is 1. The van der Waals surface area contributed by atoms with Gasteiger partial charge in [0.15, 0.2) is 0 Å². The summed E-state index contributed by atoms with van der Waals surface area (Å²) in [6, 6.07) is 0.0648. The Balaban J connectivity index is 2.68. The Morgan fingerprint density at radius 3 is 2.58 bits per heavy atom. The molecule has 1 aliphatic rings. The standard InChI is InChI=1S/C8H14ClNO2/c1-5-7(3-9)8(12)4-10(5)6(2)11/h5,7-8,12H,3-4H2,1-2H3. The van der Waals surface area contributed by atoms with Gasteiger partial charge in [0.25, 0.3) is 0 Å². The number of aliphatic hydroxyl groups is 1. The van der Waals surface area contributed by atoms with Gasteiger partial charge < -0.3 is 10.0 Å². The Morgan fingerprint density at radius 1 is 1.75 bits per heavy atom. The van der Waals surface area contributed by atoms with Crippen LogP contribution in [0.15, 0.2) is 0 Å². The average molecular weight is 192 g/mol. The van der Waals surface area contributed by atoms with E-state index in [4.69, 9.17) is 11.6 Å². The SMILES string of the molecule is CC(=O)N1CC(O)C(CCl)C1C. The molecule has 0 aromatic heterocycles. The van der Waals surface area contributed by atoms with Crippen LogP contribution >= 0.6 is 11.6 Å². The first-order valence-corrected chi connectivity index (χ1v) is 4.62. The molecule has 0 saturated carbocycles. The van der Waals surface area contributed by atoms with E-state index < -0.39 is 6.10 Å². The fraction of sp³-hybridized carbons (Fsp3) is 0.875. The number of hydrogen-bond donors (Lipinski definition) is 1. The molecule has 0 bridgehead atoms. The van der Waals surface area contributed by atoms with Gasteiger partial charge in [0.2, 0.25) is 5.91 Å². The number of aliphatic hydroxyl groups excluding tert-OH is 1. The number of carbonyl (C=O) groups is 1. The fourth-order valence-electron chi connectivity index (χ4n) is 1.70. The lowest BCUT2D eigenvalue weighted by Crippen LogP contribution is -2.34. The van der Waals surface area contributed by atoms with Crippen molar-refractivity contribution in [2.75, 3.05) is 12.4 Å². The normalized spacial score (nSPS) is 35.7. The van der Waals surface area contributed by atoms with Gasteiger partial charge in [0.1, 0.15) is 0 Å². The van der Waals surface area contributed by atoms with Crippen molar-refractivity contribution in [3.8, 4) is 0 Å². The summed E-state index contributed by atoms with van der Waals surface area (Å²) < 4.78 is 0. The highest BCUT2D eigenvalue weighted by Gasteiger charge is 2.38. The zero-order chi connectivity index (χ0) is 9.30.